The minimum atomic E-state index is -0.551. The molecule has 0 aliphatic rings. The predicted octanol–water partition coefficient (Wildman–Crippen LogP) is 0.800. The molecule has 1 heterocycles. The monoisotopic (exact) mass is 237 g/mol. The van der Waals surface area contributed by atoms with E-state index in [1.54, 1.807) is 0 Å². The second-order valence-electron chi connectivity index (χ2n) is 4.21. The number of aromatic nitrogens is 3. The summed E-state index contributed by atoms with van der Waals surface area (Å²) in [5.41, 5.74) is 7.29. The first-order valence-corrected chi connectivity index (χ1v) is 5.70. The lowest BCUT2D eigenvalue weighted by Crippen LogP contribution is -2.41. The summed E-state index contributed by atoms with van der Waals surface area (Å²) in [6, 6.07) is -0.551. The van der Waals surface area contributed by atoms with E-state index in [-0.39, 0.29) is 17.8 Å². The zero-order chi connectivity index (χ0) is 13.0. The van der Waals surface area contributed by atoms with Crippen molar-refractivity contribution in [1.82, 2.24) is 15.2 Å². The average molecular weight is 237 g/mol. The van der Waals surface area contributed by atoms with Gasteiger partial charge in [-0.1, -0.05) is 20.3 Å². The molecule has 1 aromatic heterocycles. The smallest absolute Gasteiger partial charge is 0.249 e. The molecule has 1 unspecified atom stereocenters. The third kappa shape index (κ3) is 3.45. The Hall–Kier alpha value is -1.56. The Morgan fingerprint density at radius 3 is 2.53 bits per heavy atom. The second kappa shape index (κ2) is 5.67. The molecule has 0 saturated heterocycles. The quantitative estimate of drug-likeness (QED) is 0.807. The zero-order valence-electron chi connectivity index (χ0n) is 10.7. The number of rotatable bonds is 4. The lowest BCUT2D eigenvalue weighted by molar-refractivity contribution is -0.118. The minimum Gasteiger partial charge on any atom is -0.320 e. The van der Waals surface area contributed by atoms with Gasteiger partial charge in [0.15, 0.2) is 0 Å². The van der Waals surface area contributed by atoms with Gasteiger partial charge >= 0.3 is 0 Å². The summed E-state index contributed by atoms with van der Waals surface area (Å²) in [6.45, 7) is 7.55. The Bertz CT molecular complexity index is 407. The van der Waals surface area contributed by atoms with Crippen molar-refractivity contribution in [1.29, 1.82) is 0 Å². The molecule has 1 amide bonds. The Kier molecular flexibility index (Phi) is 4.51. The van der Waals surface area contributed by atoms with Crippen LogP contribution in [0.25, 0.3) is 0 Å². The molecular formula is C11H19N5O. The van der Waals surface area contributed by atoms with Crippen molar-refractivity contribution >= 4 is 11.9 Å². The van der Waals surface area contributed by atoms with Crippen molar-refractivity contribution < 1.29 is 4.79 Å². The van der Waals surface area contributed by atoms with Gasteiger partial charge in [-0.25, -0.2) is 4.98 Å². The van der Waals surface area contributed by atoms with Gasteiger partial charge in [-0.2, -0.15) is 5.10 Å². The molecule has 0 radical (unpaired) electrons. The first-order chi connectivity index (χ1) is 7.95. The Labute approximate surface area is 101 Å². The van der Waals surface area contributed by atoms with Crippen LogP contribution >= 0.6 is 0 Å². The van der Waals surface area contributed by atoms with Gasteiger partial charge in [-0.05, 0) is 19.8 Å². The molecule has 3 N–H and O–H groups in total. The molecule has 1 rings (SSSR count). The van der Waals surface area contributed by atoms with Gasteiger partial charge in [0.2, 0.25) is 11.9 Å². The van der Waals surface area contributed by atoms with Gasteiger partial charge in [0.25, 0.3) is 0 Å². The highest BCUT2D eigenvalue weighted by Gasteiger charge is 2.20. The van der Waals surface area contributed by atoms with Gasteiger partial charge in [-0.3, -0.25) is 10.1 Å². The summed E-state index contributed by atoms with van der Waals surface area (Å²) in [5, 5.41) is 10.3. The average Bonchev–Trinajstić information content (AvgIpc) is 2.31. The van der Waals surface area contributed by atoms with E-state index in [1.807, 2.05) is 27.7 Å². The summed E-state index contributed by atoms with van der Waals surface area (Å²) < 4.78 is 0. The Morgan fingerprint density at radius 2 is 2.00 bits per heavy atom. The number of nitrogens with zero attached hydrogens (tertiary/aromatic N) is 3. The first kappa shape index (κ1) is 13.5. The number of hydrogen-bond donors (Lipinski definition) is 2. The van der Waals surface area contributed by atoms with Gasteiger partial charge < -0.3 is 5.73 Å². The van der Waals surface area contributed by atoms with Crippen LogP contribution < -0.4 is 11.1 Å². The number of amides is 1. The zero-order valence-corrected chi connectivity index (χ0v) is 10.7. The van der Waals surface area contributed by atoms with Crippen LogP contribution in [0.4, 0.5) is 5.95 Å². The summed E-state index contributed by atoms with van der Waals surface area (Å²) >= 11 is 0. The third-order valence-corrected chi connectivity index (χ3v) is 2.89. The molecule has 0 aliphatic carbocycles. The summed E-state index contributed by atoms with van der Waals surface area (Å²) in [7, 11) is 0. The van der Waals surface area contributed by atoms with Crippen LogP contribution in [0, 0.1) is 19.8 Å². The largest absolute Gasteiger partial charge is 0.320 e. The topological polar surface area (TPSA) is 93.8 Å². The lowest BCUT2D eigenvalue weighted by Gasteiger charge is -2.16. The fourth-order valence-electron chi connectivity index (χ4n) is 1.22. The van der Waals surface area contributed by atoms with Crippen molar-refractivity contribution in [3.8, 4) is 0 Å². The van der Waals surface area contributed by atoms with Gasteiger partial charge in [0.1, 0.15) is 0 Å². The fourth-order valence-corrected chi connectivity index (χ4v) is 1.22. The summed E-state index contributed by atoms with van der Waals surface area (Å²) in [4.78, 5) is 15.9. The molecule has 94 valence electrons. The van der Waals surface area contributed by atoms with Crippen molar-refractivity contribution in [2.24, 2.45) is 11.7 Å². The SMILES string of the molecule is CCC(C)[C@H](N)C(=O)Nc1nnc(C)c(C)n1. The molecule has 0 aliphatic heterocycles. The number of carbonyl (C=O) groups is 1. The molecule has 0 aromatic carbocycles. The van der Waals surface area contributed by atoms with Gasteiger partial charge in [-0.15, -0.1) is 5.10 Å². The van der Waals surface area contributed by atoms with E-state index in [0.717, 1.165) is 17.8 Å². The number of aryl methyl sites for hydroxylation is 2. The van der Waals surface area contributed by atoms with Crippen LogP contribution in [-0.4, -0.2) is 27.1 Å². The third-order valence-electron chi connectivity index (χ3n) is 2.89. The van der Waals surface area contributed by atoms with E-state index in [9.17, 15) is 4.79 Å². The number of nitrogens with one attached hydrogen (secondary N) is 1. The molecular weight excluding hydrogens is 218 g/mol. The van der Waals surface area contributed by atoms with E-state index < -0.39 is 6.04 Å². The number of carbonyl (C=O) groups excluding carboxylic acids is 1. The molecule has 0 fully saturated rings. The number of anilines is 1. The molecule has 2 atom stereocenters. The summed E-state index contributed by atoms with van der Waals surface area (Å²) in [5.74, 6) is 0.0516. The van der Waals surface area contributed by atoms with Gasteiger partial charge in [0, 0.05) is 0 Å². The molecule has 6 nitrogen and oxygen atoms in total. The minimum absolute atomic E-state index is 0.120. The van der Waals surface area contributed by atoms with Crippen LogP contribution in [0.2, 0.25) is 0 Å². The second-order valence-corrected chi connectivity index (χ2v) is 4.21. The van der Waals surface area contributed by atoms with Crippen LogP contribution in [-0.2, 0) is 4.79 Å². The van der Waals surface area contributed by atoms with Crippen LogP contribution in [0.5, 0.6) is 0 Å². The van der Waals surface area contributed by atoms with E-state index in [1.165, 1.54) is 0 Å². The Balaban J connectivity index is 2.71. The maximum atomic E-state index is 11.8. The number of nitrogens with two attached hydrogens (primary N) is 1. The van der Waals surface area contributed by atoms with Crippen molar-refractivity contribution in [3.63, 3.8) is 0 Å². The van der Waals surface area contributed by atoms with Crippen molar-refractivity contribution in [2.75, 3.05) is 5.32 Å². The van der Waals surface area contributed by atoms with Crippen molar-refractivity contribution in [3.05, 3.63) is 11.4 Å². The van der Waals surface area contributed by atoms with Crippen LogP contribution in [0.3, 0.4) is 0 Å². The molecule has 17 heavy (non-hydrogen) atoms. The standard InChI is InChI=1S/C11H19N5O/c1-5-6(2)9(12)10(17)14-11-13-7(3)8(4)15-16-11/h6,9H,5,12H2,1-4H3,(H,13,14,16,17)/t6?,9-/m0/s1. The van der Waals surface area contributed by atoms with Gasteiger partial charge in [0.05, 0.1) is 17.4 Å². The van der Waals surface area contributed by atoms with E-state index in [0.29, 0.717) is 0 Å². The normalized spacial score (nSPS) is 14.2. The van der Waals surface area contributed by atoms with Crippen LogP contribution in [0.15, 0.2) is 0 Å². The van der Waals surface area contributed by atoms with E-state index in [2.05, 4.69) is 20.5 Å². The van der Waals surface area contributed by atoms with Crippen LogP contribution in [0.1, 0.15) is 31.7 Å². The first-order valence-electron chi connectivity index (χ1n) is 5.70. The summed E-state index contributed by atoms with van der Waals surface area (Å²) in [6.07, 6.45) is 0.848. The molecule has 0 spiro atoms. The van der Waals surface area contributed by atoms with Crippen molar-refractivity contribution in [2.45, 2.75) is 40.2 Å². The highest BCUT2D eigenvalue weighted by Crippen LogP contribution is 2.08. The molecule has 0 saturated carbocycles. The predicted molar refractivity (Wildman–Crippen MR) is 65.4 cm³/mol. The lowest BCUT2D eigenvalue weighted by atomic mass is 10.00. The fraction of sp³-hybridized carbons (Fsp3) is 0.636. The number of hydrogen-bond acceptors (Lipinski definition) is 5. The van der Waals surface area contributed by atoms with E-state index in [4.69, 9.17) is 5.73 Å². The maximum Gasteiger partial charge on any atom is 0.249 e. The Morgan fingerprint density at radius 1 is 1.35 bits per heavy atom. The highest BCUT2D eigenvalue weighted by atomic mass is 16.2. The molecule has 6 heteroatoms. The van der Waals surface area contributed by atoms with E-state index >= 15 is 0 Å². The molecule has 1 aromatic rings. The maximum absolute atomic E-state index is 11.8. The highest BCUT2D eigenvalue weighted by molar-refractivity contribution is 5.93. The molecule has 0 bridgehead atoms.